The predicted molar refractivity (Wildman–Crippen MR) is 101 cm³/mol. The van der Waals surface area contributed by atoms with Crippen LogP contribution in [0.4, 0.5) is 0 Å². The van der Waals surface area contributed by atoms with Crippen molar-refractivity contribution in [2.45, 2.75) is 11.0 Å². The maximum atomic E-state index is 12.6. The summed E-state index contributed by atoms with van der Waals surface area (Å²) < 4.78 is 31.1. The van der Waals surface area contributed by atoms with E-state index in [-0.39, 0.29) is 11.0 Å². The fourth-order valence-corrected chi connectivity index (χ4v) is 4.35. The molecule has 2 aromatic carbocycles. The van der Waals surface area contributed by atoms with Crippen molar-refractivity contribution in [2.75, 3.05) is 10.7 Å². The molecule has 0 radical (unpaired) electrons. The highest BCUT2D eigenvalue weighted by molar-refractivity contribution is 9.09. The van der Waals surface area contributed by atoms with E-state index >= 15 is 0 Å². The molecule has 0 atom stereocenters. The third-order valence-electron chi connectivity index (χ3n) is 3.03. The van der Waals surface area contributed by atoms with Gasteiger partial charge in [-0.1, -0.05) is 80.4 Å². The van der Waals surface area contributed by atoms with Crippen LogP contribution in [0.3, 0.4) is 0 Å². The molecule has 0 unspecified atom stereocenters. The van der Waals surface area contributed by atoms with Crippen LogP contribution in [0.5, 0.6) is 0 Å². The molecule has 122 valence electrons. The van der Waals surface area contributed by atoms with Crippen molar-refractivity contribution in [1.29, 1.82) is 0 Å². The molecule has 0 heterocycles. The molecule has 2 aromatic rings. The third kappa shape index (κ3) is 5.19. The van der Waals surface area contributed by atoms with Gasteiger partial charge in [-0.25, -0.2) is 8.42 Å². The zero-order chi connectivity index (χ0) is 16.7. The van der Waals surface area contributed by atoms with Crippen LogP contribution in [0.15, 0.2) is 71.0 Å². The first-order valence-corrected chi connectivity index (χ1v) is 10.7. The van der Waals surface area contributed by atoms with Gasteiger partial charge in [0.05, 0.1) is 10.3 Å². The smallest absolute Gasteiger partial charge is 0.203 e. The highest BCUT2D eigenvalue weighted by atomic mass is 79.9. The number of rotatable bonds is 7. The number of ether oxygens (including phenoxy) is 1. The normalized spacial score (nSPS) is 12.4. The van der Waals surface area contributed by atoms with Crippen molar-refractivity contribution < 1.29 is 13.2 Å². The van der Waals surface area contributed by atoms with Crippen LogP contribution in [0.1, 0.15) is 5.56 Å². The van der Waals surface area contributed by atoms with Crippen molar-refractivity contribution >= 4 is 47.5 Å². The zero-order valence-electron chi connectivity index (χ0n) is 12.2. The van der Waals surface area contributed by atoms with Gasteiger partial charge in [-0.3, -0.25) is 0 Å². The Balaban J connectivity index is 2.44. The van der Waals surface area contributed by atoms with E-state index in [9.17, 15) is 8.42 Å². The Morgan fingerprint density at radius 1 is 0.957 bits per heavy atom. The molecule has 0 amide bonds. The minimum absolute atomic E-state index is 0.174. The van der Waals surface area contributed by atoms with Crippen LogP contribution in [0.25, 0.3) is 5.76 Å². The van der Waals surface area contributed by atoms with Gasteiger partial charge in [0.2, 0.25) is 9.84 Å². The fourth-order valence-electron chi connectivity index (χ4n) is 1.87. The summed E-state index contributed by atoms with van der Waals surface area (Å²) in [4.78, 5) is 0.242. The Hall–Kier alpha value is -1.11. The predicted octanol–water partition coefficient (Wildman–Crippen LogP) is 4.63. The molecule has 0 aliphatic carbocycles. The summed E-state index contributed by atoms with van der Waals surface area (Å²) in [6, 6.07) is 17.5. The first kappa shape index (κ1) is 18.2. The summed E-state index contributed by atoms with van der Waals surface area (Å²) in [6.07, 6.45) is -0.174. The second-order valence-electron chi connectivity index (χ2n) is 4.75. The molecule has 0 spiro atoms. The van der Waals surface area contributed by atoms with Crippen LogP contribution in [-0.4, -0.2) is 25.2 Å². The van der Waals surface area contributed by atoms with Crippen LogP contribution < -0.4 is 0 Å². The van der Waals surface area contributed by atoms with Gasteiger partial charge in [0.1, 0.15) is 11.9 Å². The molecule has 0 bridgehead atoms. The second-order valence-corrected chi connectivity index (χ2v) is 7.85. The monoisotopic (exact) mass is 458 g/mol. The minimum atomic E-state index is -3.59. The van der Waals surface area contributed by atoms with E-state index in [1.165, 1.54) is 5.41 Å². The van der Waals surface area contributed by atoms with Crippen molar-refractivity contribution in [3.05, 3.63) is 71.6 Å². The largest absolute Gasteiger partial charge is 0.487 e. The Morgan fingerprint density at radius 3 is 2.00 bits per heavy atom. The molecule has 23 heavy (non-hydrogen) atoms. The molecule has 0 saturated carbocycles. The minimum Gasteiger partial charge on any atom is -0.487 e. The lowest BCUT2D eigenvalue weighted by Crippen LogP contribution is -2.16. The van der Waals surface area contributed by atoms with Gasteiger partial charge in [-0.05, 0) is 12.1 Å². The Morgan fingerprint density at radius 2 is 1.48 bits per heavy atom. The van der Waals surface area contributed by atoms with Gasteiger partial charge < -0.3 is 4.74 Å². The van der Waals surface area contributed by atoms with Gasteiger partial charge in [-0.2, -0.15) is 0 Å². The van der Waals surface area contributed by atoms with E-state index in [4.69, 9.17) is 4.74 Å². The van der Waals surface area contributed by atoms with E-state index < -0.39 is 9.84 Å². The maximum Gasteiger partial charge on any atom is 0.203 e. The molecule has 0 aromatic heterocycles. The quantitative estimate of drug-likeness (QED) is 0.447. The van der Waals surface area contributed by atoms with Crippen molar-refractivity contribution in [3.63, 3.8) is 0 Å². The summed E-state index contributed by atoms with van der Waals surface area (Å²) in [5, 5.41) is 2.37. The highest BCUT2D eigenvalue weighted by Crippen LogP contribution is 2.23. The van der Waals surface area contributed by atoms with Gasteiger partial charge in [0, 0.05) is 16.2 Å². The molecule has 0 N–H and O–H groups in total. The molecule has 0 fully saturated rings. The van der Waals surface area contributed by atoms with Gasteiger partial charge >= 0.3 is 0 Å². The Bertz CT molecular complexity index is 740. The molecule has 6 heteroatoms. The van der Waals surface area contributed by atoms with Crippen LogP contribution in [0, 0.1) is 0 Å². The zero-order valence-corrected chi connectivity index (χ0v) is 16.2. The van der Waals surface area contributed by atoms with Crippen LogP contribution in [0.2, 0.25) is 0 Å². The fraction of sp³-hybridized carbons (Fsp3) is 0.176. The molecular weight excluding hydrogens is 444 g/mol. The highest BCUT2D eigenvalue weighted by Gasteiger charge is 2.17. The van der Waals surface area contributed by atoms with Crippen molar-refractivity contribution in [2.24, 2.45) is 0 Å². The number of benzene rings is 2. The number of hydrogen-bond acceptors (Lipinski definition) is 3. The van der Waals surface area contributed by atoms with E-state index in [2.05, 4.69) is 31.9 Å². The average molecular weight is 460 g/mol. The summed E-state index contributed by atoms with van der Waals surface area (Å²) >= 11 is 6.74. The Labute approximate surface area is 153 Å². The summed E-state index contributed by atoms with van der Waals surface area (Å²) in [6.45, 7) is 0. The van der Waals surface area contributed by atoms with Gasteiger partial charge in [-0.15, -0.1) is 0 Å². The van der Waals surface area contributed by atoms with Crippen molar-refractivity contribution in [1.82, 2.24) is 0 Å². The van der Waals surface area contributed by atoms with E-state index in [1.54, 1.807) is 30.3 Å². The number of alkyl halides is 2. The SMILES string of the molecule is O=S(=O)(/C=C(\OC(CBr)CBr)c1ccccc1)c1ccccc1. The first-order chi connectivity index (χ1) is 11.1. The Kier molecular flexibility index (Phi) is 6.87. The van der Waals surface area contributed by atoms with Crippen LogP contribution >= 0.6 is 31.9 Å². The lowest BCUT2D eigenvalue weighted by Gasteiger charge is -2.17. The topological polar surface area (TPSA) is 43.4 Å². The van der Waals surface area contributed by atoms with Crippen molar-refractivity contribution in [3.8, 4) is 0 Å². The van der Waals surface area contributed by atoms with Gasteiger partial charge in [0.25, 0.3) is 0 Å². The number of sulfone groups is 1. The van der Waals surface area contributed by atoms with Crippen LogP contribution in [-0.2, 0) is 14.6 Å². The average Bonchev–Trinajstić information content (AvgIpc) is 2.60. The van der Waals surface area contributed by atoms with E-state index in [0.717, 1.165) is 5.56 Å². The molecule has 3 nitrogen and oxygen atoms in total. The van der Waals surface area contributed by atoms with E-state index in [0.29, 0.717) is 16.4 Å². The van der Waals surface area contributed by atoms with Gasteiger partial charge in [0.15, 0.2) is 0 Å². The lowest BCUT2D eigenvalue weighted by atomic mass is 10.2. The molecule has 0 aliphatic heterocycles. The maximum absolute atomic E-state index is 12.6. The lowest BCUT2D eigenvalue weighted by molar-refractivity contribution is 0.215. The second kappa shape index (κ2) is 8.66. The first-order valence-electron chi connectivity index (χ1n) is 6.92. The number of hydrogen-bond donors (Lipinski definition) is 0. The third-order valence-corrected chi connectivity index (χ3v) is 5.93. The molecule has 0 aliphatic rings. The number of halogens is 2. The summed E-state index contributed by atoms with van der Waals surface area (Å²) in [5.74, 6) is 0.332. The summed E-state index contributed by atoms with van der Waals surface area (Å²) in [5.41, 5.74) is 0.721. The van der Waals surface area contributed by atoms with E-state index in [1.807, 2.05) is 30.3 Å². The molecule has 0 saturated heterocycles. The molecule has 2 rings (SSSR count). The summed E-state index contributed by atoms with van der Waals surface area (Å²) in [7, 11) is -3.59. The molecular formula is C17H16Br2O3S. The standard InChI is InChI=1S/C17H16Br2O3S/c18-11-15(12-19)22-17(14-7-3-1-4-8-14)13-23(20,21)16-9-5-2-6-10-16/h1-10,13,15H,11-12H2/b17-13-.